The molecule has 2 aliphatic rings. The van der Waals surface area contributed by atoms with Crippen molar-refractivity contribution in [2.45, 2.75) is 96.8 Å². The second kappa shape index (κ2) is 11.6. The second-order valence-corrected chi connectivity index (χ2v) is 10.9. The first kappa shape index (κ1) is 24.4. The minimum absolute atomic E-state index is 0.432. The van der Waals surface area contributed by atoms with E-state index in [2.05, 4.69) is 25.6 Å². The van der Waals surface area contributed by atoms with Gasteiger partial charge in [-0.3, -0.25) is 0 Å². The molecular weight excluding hydrogens is 410 g/mol. The highest BCUT2D eigenvalue weighted by Gasteiger charge is 2.30. The van der Waals surface area contributed by atoms with Gasteiger partial charge in [0.2, 0.25) is 0 Å². The summed E-state index contributed by atoms with van der Waals surface area (Å²) in [7, 11) is 0. The fourth-order valence-electron chi connectivity index (χ4n) is 6.67. The summed E-state index contributed by atoms with van der Waals surface area (Å²) in [5, 5.41) is 1.26. The van der Waals surface area contributed by atoms with E-state index in [4.69, 9.17) is 0 Å². The molecule has 2 heteroatoms. The van der Waals surface area contributed by atoms with Crippen molar-refractivity contribution < 1.29 is 8.78 Å². The van der Waals surface area contributed by atoms with Gasteiger partial charge in [-0.15, -0.1) is 6.58 Å². The van der Waals surface area contributed by atoms with E-state index >= 15 is 0 Å². The van der Waals surface area contributed by atoms with Crippen molar-refractivity contribution in [3.8, 4) is 0 Å². The minimum Gasteiger partial charge on any atom is -0.203 e. The van der Waals surface area contributed by atoms with Crippen molar-refractivity contribution in [2.24, 2.45) is 23.7 Å². The van der Waals surface area contributed by atoms with Crippen LogP contribution in [0, 0.1) is 35.3 Å². The van der Waals surface area contributed by atoms with E-state index in [0.717, 1.165) is 48.0 Å². The summed E-state index contributed by atoms with van der Waals surface area (Å²) in [5.74, 6) is 2.12. The zero-order valence-electron chi connectivity index (χ0n) is 20.6. The van der Waals surface area contributed by atoms with Crippen LogP contribution in [0.15, 0.2) is 36.9 Å². The van der Waals surface area contributed by atoms with Gasteiger partial charge in [0.25, 0.3) is 0 Å². The fraction of sp³-hybridized carbons (Fsp3) is 0.613. The summed E-state index contributed by atoms with van der Waals surface area (Å²) in [6.45, 7) is 5.97. The molecule has 2 fully saturated rings. The Labute approximate surface area is 199 Å². The van der Waals surface area contributed by atoms with Crippen molar-refractivity contribution >= 4 is 10.8 Å². The van der Waals surface area contributed by atoms with Gasteiger partial charge in [-0.1, -0.05) is 57.2 Å². The van der Waals surface area contributed by atoms with Crippen LogP contribution in [-0.2, 0) is 12.8 Å². The van der Waals surface area contributed by atoms with E-state index in [1.54, 1.807) is 0 Å². The molecule has 2 aromatic rings. The van der Waals surface area contributed by atoms with Gasteiger partial charge in [-0.25, -0.2) is 8.78 Å². The third-order valence-electron chi connectivity index (χ3n) is 8.75. The van der Waals surface area contributed by atoms with Gasteiger partial charge < -0.3 is 0 Å². The maximum atomic E-state index is 14.8. The van der Waals surface area contributed by atoms with E-state index in [9.17, 15) is 8.78 Å². The molecule has 2 saturated carbocycles. The summed E-state index contributed by atoms with van der Waals surface area (Å²) in [6.07, 6.45) is 18.9. The van der Waals surface area contributed by atoms with Crippen LogP contribution in [0.1, 0.15) is 95.1 Å². The van der Waals surface area contributed by atoms with Crippen molar-refractivity contribution in [1.29, 1.82) is 0 Å². The maximum absolute atomic E-state index is 14.8. The number of hydrogen-bond acceptors (Lipinski definition) is 0. The summed E-state index contributed by atoms with van der Waals surface area (Å²) < 4.78 is 29.7. The largest absolute Gasteiger partial charge is 0.203 e. The molecule has 0 aliphatic heterocycles. The number of benzene rings is 2. The highest BCUT2D eigenvalue weighted by atomic mass is 19.2. The Balaban J connectivity index is 1.28. The third-order valence-corrected chi connectivity index (χ3v) is 8.75. The van der Waals surface area contributed by atoms with Crippen LogP contribution in [0.5, 0.6) is 0 Å². The quantitative estimate of drug-likeness (QED) is 0.332. The normalized spacial score (nSPS) is 25.9. The van der Waals surface area contributed by atoms with Crippen molar-refractivity contribution in [3.05, 3.63) is 59.7 Å². The standard InChI is InChI=1S/C31H42F2/c1-3-5-7-22-8-14-25(15-9-22)26-16-10-23(11-17-26)12-19-28-21-27-18-13-24(6-4-2)20-29(27)31(33)30(28)32/h3,13,18,20-23,25-26H,1,4-12,14-17,19H2,2H3. The number of fused-ring (bicyclic) bond motifs is 1. The Kier molecular flexibility index (Phi) is 8.61. The monoisotopic (exact) mass is 452 g/mol. The molecule has 0 aromatic heterocycles. The highest BCUT2D eigenvalue weighted by Crippen LogP contribution is 2.43. The SMILES string of the molecule is C=CCCC1CCC(C2CCC(CCc3cc4ccc(CCC)cc4c(F)c3F)CC2)CC1. The Morgan fingerprint density at radius 3 is 2.06 bits per heavy atom. The predicted molar refractivity (Wildman–Crippen MR) is 137 cm³/mol. The molecule has 0 bridgehead atoms. The molecule has 0 nitrogen and oxygen atoms in total. The molecule has 0 N–H and O–H groups in total. The Morgan fingerprint density at radius 2 is 1.45 bits per heavy atom. The van der Waals surface area contributed by atoms with E-state index in [0.29, 0.717) is 23.3 Å². The summed E-state index contributed by atoms with van der Waals surface area (Å²) in [6, 6.07) is 7.74. The van der Waals surface area contributed by atoms with Crippen LogP contribution >= 0.6 is 0 Å². The minimum atomic E-state index is -0.659. The molecule has 4 rings (SSSR count). The van der Waals surface area contributed by atoms with Crippen molar-refractivity contribution in [2.75, 3.05) is 0 Å². The molecule has 0 unspecified atom stereocenters. The Hall–Kier alpha value is -1.70. The van der Waals surface area contributed by atoms with E-state index < -0.39 is 11.6 Å². The summed E-state index contributed by atoms with van der Waals surface area (Å²) >= 11 is 0. The predicted octanol–water partition coefficient (Wildman–Crippen LogP) is 9.58. The first-order valence-corrected chi connectivity index (χ1v) is 13.6. The second-order valence-electron chi connectivity index (χ2n) is 10.9. The molecular formula is C31H42F2. The molecule has 0 spiro atoms. The van der Waals surface area contributed by atoms with E-state index in [-0.39, 0.29) is 0 Å². The summed E-state index contributed by atoms with van der Waals surface area (Å²) in [5.41, 5.74) is 1.64. The van der Waals surface area contributed by atoms with Gasteiger partial charge in [0, 0.05) is 5.39 Å². The van der Waals surface area contributed by atoms with Gasteiger partial charge >= 0.3 is 0 Å². The fourth-order valence-corrected chi connectivity index (χ4v) is 6.67. The number of allylic oxidation sites excluding steroid dienone is 1. The lowest BCUT2D eigenvalue weighted by atomic mass is 9.68. The van der Waals surface area contributed by atoms with Crippen molar-refractivity contribution in [1.82, 2.24) is 0 Å². The van der Waals surface area contributed by atoms with Crippen LogP contribution in [0.4, 0.5) is 8.78 Å². The van der Waals surface area contributed by atoms with Crippen LogP contribution in [0.2, 0.25) is 0 Å². The Bertz CT molecular complexity index is 914. The van der Waals surface area contributed by atoms with E-state index in [1.807, 2.05) is 18.2 Å². The van der Waals surface area contributed by atoms with E-state index in [1.165, 1.54) is 64.2 Å². The maximum Gasteiger partial charge on any atom is 0.166 e. The molecule has 0 amide bonds. The zero-order valence-corrected chi connectivity index (χ0v) is 20.6. The molecule has 33 heavy (non-hydrogen) atoms. The van der Waals surface area contributed by atoms with Crippen LogP contribution in [0.3, 0.4) is 0 Å². The highest BCUT2D eigenvalue weighted by molar-refractivity contribution is 5.84. The average Bonchev–Trinajstić information content (AvgIpc) is 2.85. The topological polar surface area (TPSA) is 0 Å². The first-order chi connectivity index (χ1) is 16.1. The van der Waals surface area contributed by atoms with Crippen molar-refractivity contribution in [3.63, 3.8) is 0 Å². The van der Waals surface area contributed by atoms with Gasteiger partial charge in [-0.05, 0) is 110 Å². The molecule has 0 radical (unpaired) electrons. The lowest BCUT2D eigenvalue weighted by Crippen LogP contribution is -2.26. The van der Waals surface area contributed by atoms with Crippen LogP contribution in [0.25, 0.3) is 10.8 Å². The molecule has 0 heterocycles. The lowest BCUT2D eigenvalue weighted by molar-refractivity contribution is 0.141. The van der Waals surface area contributed by atoms with Gasteiger partial charge in [0.05, 0.1) is 0 Å². The summed E-state index contributed by atoms with van der Waals surface area (Å²) in [4.78, 5) is 0. The Morgan fingerprint density at radius 1 is 0.818 bits per heavy atom. The molecule has 0 atom stereocenters. The van der Waals surface area contributed by atoms with Gasteiger partial charge in [0.15, 0.2) is 11.6 Å². The van der Waals surface area contributed by atoms with Crippen LogP contribution < -0.4 is 0 Å². The third kappa shape index (κ3) is 6.06. The molecule has 0 saturated heterocycles. The average molecular weight is 453 g/mol. The van der Waals surface area contributed by atoms with Crippen LogP contribution in [-0.4, -0.2) is 0 Å². The van der Waals surface area contributed by atoms with Gasteiger partial charge in [0.1, 0.15) is 0 Å². The molecule has 180 valence electrons. The molecule has 2 aromatic carbocycles. The zero-order chi connectivity index (χ0) is 23.2. The molecule has 2 aliphatic carbocycles. The van der Waals surface area contributed by atoms with Gasteiger partial charge in [-0.2, -0.15) is 0 Å². The smallest absolute Gasteiger partial charge is 0.166 e. The first-order valence-electron chi connectivity index (χ1n) is 13.6. The number of hydrogen-bond donors (Lipinski definition) is 0. The number of rotatable bonds is 9. The number of aryl methyl sites for hydroxylation is 2. The number of halogens is 2. The lowest BCUT2D eigenvalue weighted by Gasteiger charge is -2.38.